The van der Waals surface area contributed by atoms with E-state index in [9.17, 15) is 13.6 Å². The van der Waals surface area contributed by atoms with Crippen LogP contribution in [0.25, 0.3) is 0 Å². The summed E-state index contributed by atoms with van der Waals surface area (Å²) in [6.07, 6.45) is 0. The maximum atomic E-state index is 13.5. The van der Waals surface area contributed by atoms with Crippen molar-refractivity contribution in [3.63, 3.8) is 0 Å². The maximum Gasteiger partial charge on any atom is 0.255 e. The molecule has 1 heterocycles. The van der Waals surface area contributed by atoms with Crippen molar-refractivity contribution in [3.05, 3.63) is 64.7 Å². The topological polar surface area (TPSA) is 41.1 Å². The highest BCUT2D eigenvalue weighted by Gasteiger charge is 2.14. The van der Waals surface area contributed by atoms with Crippen molar-refractivity contribution in [2.45, 2.75) is 13.1 Å². The number of rotatable bonds is 2. The van der Waals surface area contributed by atoms with E-state index in [-0.39, 0.29) is 5.69 Å². The lowest BCUT2D eigenvalue weighted by Crippen LogP contribution is -2.13. The van der Waals surface area contributed by atoms with E-state index in [2.05, 4.69) is 10.6 Å². The molecule has 3 rings (SSSR count). The van der Waals surface area contributed by atoms with Crippen molar-refractivity contribution in [1.82, 2.24) is 5.32 Å². The van der Waals surface area contributed by atoms with Crippen LogP contribution in [0.3, 0.4) is 0 Å². The highest BCUT2D eigenvalue weighted by molar-refractivity contribution is 6.04. The van der Waals surface area contributed by atoms with E-state index in [4.69, 9.17) is 0 Å². The van der Waals surface area contributed by atoms with Gasteiger partial charge in [0, 0.05) is 24.7 Å². The minimum atomic E-state index is -0.791. The molecule has 0 bridgehead atoms. The van der Waals surface area contributed by atoms with Gasteiger partial charge in [0.1, 0.15) is 11.6 Å². The predicted molar refractivity (Wildman–Crippen MR) is 71.3 cm³/mol. The van der Waals surface area contributed by atoms with Crippen molar-refractivity contribution < 1.29 is 13.6 Å². The number of carbonyl (C=O) groups excluding carboxylic acids is 1. The summed E-state index contributed by atoms with van der Waals surface area (Å²) in [6, 6.07) is 8.41. The smallest absolute Gasteiger partial charge is 0.255 e. The van der Waals surface area contributed by atoms with Crippen LogP contribution < -0.4 is 10.6 Å². The van der Waals surface area contributed by atoms with E-state index in [1.165, 1.54) is 6.07 Å². The molecule has 20 heavy (non-hydrogen) atoms. The number of carbonyl (C=O) groups is 1. The monoisotopic (exact) mass is 274 g/mol. The van der Waals surface area contributed by atoms with Crippen LogP contribution >= 0.6 is 0 Å². The molecule has 0 fully saturated rings. The molecule has 0 atom stereocenters. The SMILES string of the molecule is O=C(Nc1ccc(F)cc1F)c1ccc2c(c1)CNC2. The van der Waals surface area contributed by atoms with Gasteiger partial charge in [-0.1, -0.05) is 6.07 Å². The lowest BCUT2D eigenvalue weighted by Gasteiger charge is -2.07. The van der Waals surface area contributed by atoms with E-state index in [1.807, 2.05) is 6.07 Å². The number of halogens is 2. The molecule has 2 aromatic carbocycles. The van der Waals surface area contributed by atoms with Crippen molar-refractivity contribution in [2.24, 2.45) is 0 Å². The normalized spacial score (nSPS) is 13.1. The second kappa shape index (κ2) is 5.02. The fraction of sp³-hybridized carbons (Fsp3) is 0.133. The first kappa shape index (κ1) is 12.7. The third kappa shape index (κ3) is 2.40. The first-order valence-electron chi connectivity index (χ1n) is 6.22. The van der Waals surface area contributed by atoms with E-state index in [1.54, 1.807) is 12.1 Å². The van der Waals surface area contributed by atoms with E-state index in [0.29, 0.717) is 5.56 Å². The van der Waals surface area contributed by atoms with Crippen LogP contribution in [0.5, 0.6) is 0 Å². The molecule has 0 aliphatic carbocycles. The second-order valence-corrected chi connectivity index (χ2v) is 4.67. The maximum absolute atomic E-state index is 13.5. The zero-order valence-electron chi connectivity index (χ0n) is 10.5. The van der Waals surface area contributed by atoms with Crippen molar-refractivity contribution in [1.29, 1.82) is 0 Å². The molecule has 0 aromatic heterocycles. The predicted octanol–water partition coefficient (Wildman–Crippen LogP) is 2.82. The molecule has 1 aliphatic heterocycles. The molecule has 1 amide bonds. The molecular weight excluding hydrogens is 262 g/mol. The Morgan fingerprint density at radius 3 is 2.65 bits per heavy atom. The van der Waals surface area contributed by atoms with Gasteiger partial charge in [-0.15, -0.1) is 0 Å². The number of nitrogens with one attached hydrogen (secondary N) is 2. The molecule has 0 saturated heterocycles. The average molecular weight is 274 g/mol. The molecule has 2 aromatic rings. The van der Waals surface area contributed by atoms with Crippen LogP contribution in [-0.2, 0) is 13.1 Å². The highest BCUT2D eigenvalue weighted by atomic mass is 19.1. The lowest BCUT2D eigenvalue weighted by atomic mass is 10.1. The number of anilines is 1. The van der Waals surface area contributed by atoms with E-state index < -0.39 is 17.5 Å². The zero-order chi connectivity index (χ0) is 14.1. The summed E-state index contributed by atoms with van der Waals surface area (Å²) in [6.45, 7) is 1.52. The Bertz CT molecular complexity index is 686. The highest BCUT2D eigenvalue weighted by Crippen LogP contribution is 2.19. The minimum Gasteiger partial charge on any atom is -0.319 e. The molecule has 102 valence electrons. The van der Waals surface area contributed by atoms with Crippen LogP contribution in [-0.4, -0.2) is 5.91 Å². The molecule has 0 spiro atoms. The van der Waals surface area contributed by atoms with Crippen molar-refractivity contribution in [3.8, 4) is 0 Å². The zero-order valence-corrected chi connectivity index (χ0v) is 10.5. The molecule has 0 radical (unpaired) electrons. The molecule has 1 aliphatic rings. The second-order valence-electron chi connectivity index (χ2n) is 4.67. The van der Waals surface area contributed by atoms with Crippen LogP contribution in [0, 0.1) is 11.6 Å². The summed E-state index contributed by atoms with van der Waals surface area (Å²) >= 11 is 0. The van der Waals surface area contributed by atoms with Gasteiger partial charge in [0.15, 0.2) is 0 Å². The quantitative estimate of drug-likeness (QED) is 0.884. The Balaban J connectivity index is 1.82. The van der Waals surface area contributed by atoms with Crippen LogP contribution in [0.1, 0.15) is 21.5 Å². The summed E-state index contributed by atoms with van der Waals surface area (Å²) in [7, 11) is 0. The minimum absolute atomic E-state index is 0.0324. The molecule has 5 heteroatoms. The van der Waals surface area contributed by atoms with Crippen LogP contribution in [0.4, 0.5) is 14.5 Å². The van der Waals surface area contributed by atoms with Crippen LogP contribution in [0.2, 0.25) is 0 Å². The fourth-order valence-electron chi connectivity index (χ4n) is 2.22. The molecule has 0 saturated carbocycles. The molecule has 3 nitrogen and oxygen atoms in total. The number of hydrogen-bond donors (Lipinski definition) is 2. The largest absolute Gasteiger partial charge is 0.319 e. The summed E-state index contributed by atoms with van der Waals surface area (Å²) < 4.78 is 26.3. The Hall–Kier alpha value is -2.27. The third-order valence-electron chi connectivity index (χ3n) is 3.28. The Labute approximate surface area is 114 Å². The Morgan fingerprint density at radius 1 is 1.05 bits per heavy atom. The average Bonchev–Trinajstić information content (AvgIpc) is 2.89. The van der Waals surface area contributed by atoms with Gasteiger partial charge in [0.2, 0.25) is 0 Å². The van der Waals surface area contributed by atoms with Gasteiger partial charge in [0.25, 0.3) is 5.91 Å². The van der Waals surface area contributed by atoms with Crippen LogP contribution in [0.15, 0.2) is 36.4 Å². The standard InChI is InChI=1S/C15H12F2N2O/c16-12-3-4-14(13(17)6-12)19-15(20)9-1-2-10-7-18-8-11(10)5-9/h1-6,18H,7-8H2,(H,19,20). The lowest BCUT2D eigenvalue weighted by molar-refractivity contribution is 0.102. The van der Waals surface area contributed by atoms with Crippen molar-refractivity contribution >= 4 is 11.6 Å². The Kier molecular flexibility index (Phi) is 3.20. The van der Waals surface area contributed by atoms with Gasteiger partial charge in [-0.25, -0.2) is 8.78 Å². The third-order valence-corrected chi connectivity index (χ3v) is 3.28. The number of fused-ring (bicyclic) bond motifs is 1. The van der Waals surface area contributed by atoms with Gasteiger partial charge in [0.05, 0.1) is 5.69 Å². The van der Waals surface area contributed by atoms with Crippen molar-refractivity contribution in [2.75, 3.05) is 5.32 Å². The first-order valence-corrected chi connectivity index (χ1v) is 6.22. The van der Waals surface area contributed by atoms with E-state index >= 15 is 0 Å². The molecular formula is C15H12F2N2O. The summed E-state index contributed by atoms with van der Waals surface area (Å²) in [5.74, 6) is -1.88. The number of hydrogen-bond acceptors (Lipinski definition) is 2. The van der Waals surface area contributed by atoms with Gasteiger partial charge in [-0.05, 0) is 35.4 Å². The van der Waals surface area contributed by atoms with Gasteiger partial charge in [-0.3, -0.25) is 4.79 Å². The van der Waals surface area contributed by atoms with Gasteiger partial charge < -0.3 is 10.6 Å². The first-order chi connectivity index (χ1) is 9.63. The van der Waals surface area contributed by atoms with Gasteiger partial charge >= 0.3 is 0 Å². The van der Waals surface area contributed by atoms with E-state index in [0.717, 1.165) is 36.3 Å². The summed E-state index contributed by atoms with van der Waals surface area (Å²) in [4.78, 5) is 12.1. The fourth-order valence-corrected chi connectivity index (χ4v) is 2.22. The molecule has 0 unspecified atom stereocenters. The Morgan fingerprint density at radius 2 is 1.85 bits per heavy atom. The number of amides is 1. The summed E-state index contributed by atoms with van der Waals surface area (Å²) in [5.41, 5.74) is 2.65. The number of benzene rings is 2. The molecule has 2 N–H and O–H groups in total. The summed E-state index contributed by atoms with van der Waals surface area (Å²) in [5, 5.41) is 5.63. The van der Waals surface area contributed by atoms with Gasteiger partial charge in [-0.2, -0.15) is 0 Å².